The molecule has 1 atom stereocenters. The second-order valence-electron chi connectivity index (χ2n) is 6.86. The topological polar surface area (TPSA) is 43.8 Å². The minimum absolute atomic E-state index is 0.0479. The first-order chi connectivity index (χ1) is 10.0. The third-order valence-electron chi connectivity index (χ3n) is 4.12. The molecule has 0 spiro atoms. The highest BCUT2D eigenvalue weighted by atomic mass is 32.2. The number of hydrogen-bond donors (Lipinski definition) is 1. The minimum Gasteiger partial charge on any atom is -0.326 e. The Morgan fingerprint density at radius 1 is 1.33 bits per heavy atom. The van der Waals surface area contributed by atoms with Crippen LogP contribution in [0.5, 0.6) is 0 Å². The van der Waals surface area contributed by atoms with Crippen LogP contribution in [0.2, 0.25) is 0 Å². The van der Waals surface area contributed by atoms with Gasteiger partial charge in [-0.3, -0.25) is 0 Å². The highest BCUT2D eigenvalue weighted by Crippen LogP contribution is 2.40. The van der Waals surface area contributed by atoms with E-state index in [0.717, 1.165) is 11.1 Å². The summed E-state index contributed by atoms with van der Waals surface area (Å²) in [5.41, 5.74) is 9.31. The molecule has 0 aliphatic carbocycles. The average molecular weight is 303 g/mol. The predicted molar refractivity (Wildman–Crippen MR) is 91.7 cm³/mol. The fourth-order valence-corrected chi connectivity index (χ4v) is 4.43. The van der Waals surface area contributed by atoms with Gasteiger partial charge in [0.25, 0.3) is 0 Å². The summed E-state index contributed by atoms with van der Waals surface area (Å²) in [6.45, 7) is 7.37. The smallest absolute Gasteiger partial charge is 0.123 e. The molecule has 2 N–H and O–H groups in total. The van der Waals surface area contributed by atoms with Gasteiger partial charge in [-0.1, -0.05) is 12.5 Å². The van der Waals surface area contributed by atoms with Crippen LogP contribution in [0.15, 0.2) is 18.2 Å². The number of benzene rings is 1. The fraction of sp³-hybridized carbons (Fsp3) is 0.588. The van der Waals surface area contributed by atoms with E-state index in [0.29, 0.717) is 11.8 Å². The third kappa shape index (κ3) is 2.84. The van der Waals surface area contributed by atoms with E-state index in [-0.39, 0.29) is 5.54 Å². The highest BCUT2D eigenvalue weighted by Gasteiger charge is 2.28. The number of fused-ring (bicyclic) bond motifs is 1. The molecule has 1 unspecified atom stereocenters. The summed E-state index contributed by atoms with van der Waals surface area (Å²) in [5, 5.41) is 0.534. The van der Waals surface area contributed by atoms with Crippen molar-refractivity contribution in [3.63, 3.8) is 0 Å². The van der Waals surface area contributed by atoms with Crippen LogP contribution >= 0.6 is 11.8 Å². The van der Waals surface area contributed by atoms with Crippen LogP contribution in [0, 0.1) is 0 Å². The van der Waals surface area contributed by atoms with E-state index in [1.807, 2.05) is 0 Å². The molecule has 0 radical (unpaired) electrons. The van der Waals surface area contributed by atoms with E-state index >= 15 is 0 Å². The van der Waals surface area contributed by atoms with Crippen molar-refractivity contribution in [1.29, 1.82) is 0 Å². The van der Waals surface area contributed by atoms with Crippen molar-refractivity contribution in [2.75, 3.05) is 5.75 Å². The first-order valence-electron chi connectivity index (χ1n) is 7.84. The molecule has 3 nitrogen and oxygen atoms in total. The van der Waals surface area contributed by atoms with Gasteiger partial charge in [-0.2, -0.15) is 11.8 Å². The molecule has 1 aromatic carbocycles. The van der Waals surface area contributed by atoms with Gasteiger partial charge in [-0.25, -0.2) is 4.98 Å². The van der Waals surface area contributed by atoms with Crippen LogP contribution in [0.4, 0.5) is 0 Å². The zero-order valence-electron chi connectivity index (χ0n) is 13.2. The van der Waals surface area contributed by atoms with Crippen LogP contribution in [-0.4, -0.2) is 15.3 Å². The number of thioether (sulfide) groups is 1. The number of rotatable bonds is 2. The molecule has 0 saturated carbocycles. The first kappa shape index (κ1) is 14.9. The summed E-state index contributed by atoms with van der Waals surface area (Å²) < 4.78 is 2.44. The van der Waals surface area contributed by atoms with E-state index in [1.54, 1.807) is 0 Å². The van der Waals surface area contributed by atoms with Gasteiger partial charge < -0.3 is 10.3 Å². The standard InChI is InChI=1S/C17H25N3S/c1-17(2,3)20-14-8-7-12(11-18)10-13(14)19-16(20)15-6-4-5-9-21-15/h7-8,10,15H,4-6,9,11,18H2,1-3H3. The highest BCUT2D eigenvalue weighted by molar-refractivity contribution is 7.99. The molecule has 21 heavy (non-hydrogen) atoms. The molecule has 1 aromatic heterocycles. The van der Waals surface area contributed by atoms with Gasteiger partial charge in [0.1, 0.15) is 5.82 Å². The molecule has 4 heteroatoms. The van der Waals surface area contributed by atoms with Crippen molar-refractivity contribution >= 4 is 22.8 Å². The zero-order chi connectivity index (χ0) is 15.0. The maximum atomic E-state index is 5.78. The predicted octanol–water partition coefficient (Wildman–Crippen LogP) is 4.21. The molecule has 1 saturated heterocycles. The van der Waals surface area contributed by atoms with Gasteiger partial charge in [-0.05, 0) is 57.1 Å². The summed E-state index contributed by atoms with van der Waals surface area (Å²) in [5.74, 6) is 2.50. The Bertz CT molecular complexity index is 633. The minimum atomic E-state index is 0.0479. The van der Waals surface area contributed by atoms with Crippen LogP contribution in [-0.2, 0) is 12.1 Å². The Balaban J connectivity index is 2.16. The Morgan fingerprint density at radius 2 is 2.14 bits per heavy atom. The van der Waals surface area contributed by atoms with Crippen LogP contribution in [0.3, 0.4) is 0 Å². The third-order valence-corrected chi connectivity index (χ3v) is 5.49. The lowest BCUT2D eigenvalue weighted by atomic mass is 10.1. The van der Waals surface area contributed by atoms with Gasteiger partial charge in [0, 0.05) is 12.1 Å². The number of aromatic nitrogens is 2. The average Bonchev–Trinajstić information content (AvgIpc) is 2.86. The quantitative estimate of drug-likeness (QED) is 0.904. The van der Waals surface area contributed by atoms with E-state index in [4.69, 9.17) is 10.7 Å². The van der Waals surface area contributed by atoms with Crippen molar-refractivity contribution in [2.24, 2.45) is 5.73 Å². The maximum Gasteiger partial charge on any atom is 0.123 e. The van der Waals surface area contributed by atoms with Crippen LogP contribution in [0.25, 0.3) is 11.0 Å². The second kappa shape index (κ2) is 5.65. The summed E-state index contributed by atoms with van der Waals surface area (Å²) in [6.07, 6.45) is 3.90. The molecule has 0 amide bonds. The maximum absolute atomic E-state index is 5.78. The SMILES string of the molecule is CC(C)(C)n1c(C2CCCCS2)nc2cc(CN)ccc21. The van der Waals surface area contributed by atoms with Gasteiger partial charge in [-0.15, -0.1) is 0 Å². The molecule has 0 bridgehead atoms. The van der Waals surface area contributed by atoms with Gasteiger partial charge >= 0.3 is 0 Å². The Hall–Kier alpha value is -1.00. The lowest BCUT2D eigenvalue weighted by Gasteiger charge is -2.29. The Morgan fingerprint density at radius 3 is 2.76 bits per heavy atom. The van der Waals surface area contributed by atoms with Gasteiger partial charge in [0.15, 0.2) is 0 Å². The lowest BCUT2D eigenvalue weighted by Crippen LogP contribution is -2.25. The molecule has 1 aliphatic rings. The van der Waals surface area contributed by atoms with Crippen molar-refractivity contribution in [1.82, 2.24) is 9.55 Å². The summed E-state index contributed by atoms with van der Waals surface area (Å²) >= 11 is 2.06. The normalized spacial score (nSPS) is 20.1. The summed E-state index contributed by atoms with van der Waals surface area (Å²) in [7, 11) is 0. The molecule has 1 aliphatic heterocycles. The molecule has 1 fully saturated rings. The van der Waals surface area contributed by atoms with Gasteiger partial charge in [0.05, 0.1) is 16.3 Å². The molecule has 114 valence electrons. The largest absolute Gasteiger partial charge is 0.326 e. The molecular weight excluding hydrogens is 278 g/mol. The monoisotopic (exact) mass is 303 g/mol. The number of nitrogens with two attached hydrogens (primary N) is 1. The summed E-state index contributed by atoms with van der Waals surface area (Å²) in [4.78, 5) is 5.00. The van der Waals surface area contributed by atoms with Crippen molar-refractivity contribution in [3.8, 4) is 0 Å². The molecule has 2 heterocycles. The second-order valence-corrected chi connectivity index (χ2v) is 8.17. The first-order valence-corrected chi connectivity index (χ1v) is 8.89. The Labute approximate surface area is 131 Å². The van der Waals surface area contributed by atoms with Gasteiger partial charge in [0.2, 0.25) is 0 Å². The van der Waals surface area contributed by atoms with Crippen molar-refractivity contribution in [2.45, 2.75) is 57.4 Å². The lowest BCUT2D eigenvalue weighted by molar-refractivity contribution is 0.390. The van der Waals surface area contributed by atoms with Crippen LogP contribution < -0.4 is 5.73 Å². The van der Waals surface area contributed by atoms with E-state index < -0.39 is 0 Å². The van der Waals surface area contributed by atoms with E-state index in [9.17, 15) is 0 Å². The Kier molecular flexibility index (Phi) is 4.02. The molecule has 3 rings (SSSR count). The van der Waals surface area contributed by atoms with E-state index in [1.165, 1.54) is 36.4 Å². The number of hydrogen-bond acceptors (Lipinski definition) is 3. The zero-order valence-corrected chi connectivity index (χ0v) is 14.0. The fourth-order valence-electron chi connectivity index (χ4n) is 3.14. The summed E-state index contributed by atoms with van der Waals surface area (Å²) in [6, 6.07) is 6.46. The number of nitrogens with zero attached hydrogens (tertiary/aromatic N) is 2. The number of imidazole rings is 1. The molecule has 2 aromatic rings. The van der Waals surface area contributed by atoms with E-state index in [2.05, 4.69) is 55.3 Å². The van der Waals surface area contributed by atoms with Crippen LogP contribution in [0.1, 0.15) is 56.7 Å². The molecular formula is C17H25N3S. The van der Waals surface area contributed by atoms with Crippen molar-refractivity contribution < 1.29 is 0 Å². The van der Waals surface area contributed by atoms with Crippen molar-refractivity contribution in [3.05, 3.63) is 29.6 Å².